The van der Waals surface area contributed by atoms with Gasteiger partial charge >= 0.3 is 0 Å². The van der Waals surface area contributed by atoms with Crippen molar-refractivity contribution in [1.29, 1.82) is 0 Å². The normalized spacial score (nSPS) is 10.6. The lowest BCUT2D eigenvalue weighted by Gasteiger charge is -2.19. The molecule has 0 spiro atoms. The lowest BCUT2D eigenvalue weighted by molar-refractivity contribution is 0.0955. The number of amides is 1. The van der Waals surface area contributed by atoms with Gasteiger partial charge in [-0.3, -0.25) is 9.78 Å². The smallest absolute Gasteiger partial charge is 0.271 e. The van der Waals surface area contributed by atoms with Crippen molar-refractivity contribution in [3.05, 3.63) is 90.3 Å². The molecule has 0 fully saturated rings. The van der Waals surface area contributed by atoms with Crippen molar-refractivity contribution in [2.24, 2.45) is 5.10 Å². The Hall–Kier alpha value is -3.47. The van der Waals surface area contributed by atoms with Crippen molar-refractivity contribution in [1.82, 2.24) is 10.4 Å². The molecule has 1 amide bonds. The maximum Gasteiger partial charge on any atom is 0.271 e. The Morgan fingerprint density at radius 2 is 1.60 bits per heavy atom. The summed E-state index contributed by atoms with van der Waals surface area (Å²) < 4.78 is 0. The second kappa shape index (κ2) is 7.88. The van der Waals surface area contributed by atoms with Crippen LogP contribution in [0.15, 0.2) is 84.2 Å². The van der Waals surface area contributed by atoms with Gasteiger partial charge in [0, 0.05) is 36.4 Å². The van der Waals surface area contributed by atoms with Crippen LogP contribution in [-0.2, 0) is 0 Å². The van der Waals surface area contributed by atoms with Gasteiger partial charge in [-0.1, -0.05) is 30.3 Å². The van der Waals surface area contributed by atoms with Gasteiger partial charge in [0.1, 0.15) is 0 Å². The third-order valence-corrected chi connectivity index (χ3v) is 3.75. The van der Waals surface area contributed by atoms with Crippen LogP contribution in [0.2, 0.25) is 0 Å². The van der Waals surface area contributed by atoms with E-state index >= 15 is 0 Å². The summed E-state index contributed by atoms with van der Waals surface area (Å²) in [5.74, 6) is -0.265. The van der Waals surface area contributed by atoms with Crippen LogP contribution in [0.5, 0.6) is 0 Å². The number of pyridine rings is 1. The van der Waals surface area contributed by atoms with Crippen LogP contribution in [0, 0.1) is 0 Å². The average Bonchev–Trinajstić information content (AvgIpc) is 2.69. The summed E-state index contributed by atoms with van der Waals surface area (Å²) in [6, 6.07) is 21.4. The molecule has 0 saturated carbocycles. The predicted octanol–water partition coefficient (Wildman–Crippen LogP) is 3.61. The third-order valence-electron chi connectivity index (χ3n) is 3.75. The molecule has 3 rings (SSSR count). The summed E-state index contributed by atoms with van der Waals surface area (Å²) in [5, 5.41) is 3.99. The van der Waals surface area contributed by atoms with Crippen molar-refractivity contribution in [2.45, 2.75) is 0 Å². The number of hydrogen-bond donors (Lipinski definition) is 1. The second-order valence-corrected chi connectivity index (χ2v) is 5.42. The highest BCUT2D eigenvalue weighted by atomic mass is 16.2. The number of para-hydroxylation sites is 1. The molecule has 1 heterocycles. The Labute approximate surface area is 146 Å². The van der Waals surface area contributed by atoms with Gasteiger partial charge in [-0.05, 0) is 42.0 Å². The van der Waals surface area contributed by atoms with Crippen LogP contribution in [0.4, 0.5) is 11.4 Å². The number of hydrazone groups is 1. The van der Waals surface area contributed by atoms with E-state index in [-0.39, 0.29) is 5.91 Å². The van der Waals surface area contributed by atoms with Crippen LogP contribution in [0.1, 0.15) is 15.9 Å². The van der Waals surface area contributed by atoms with Crippen LogP contribution >= 0.6 is 0 Å². The van der Waals surface area contributed by atoms with Gasteiger partial charge in [-0.25, -0.2) is 5.43 Å². The summed E-state index contributed by atoms with van der Waals surface area (Å²) in [6.07, 6.45) is 4.76. The van der Waals surface area contributed by atoms with Crippen LogP contribution in [0.25, 0.3) is 0 Å². The molecule has 0 unspecified atom stereocenters. The van der Waals surface area contributed by atoms with Gasteiger partial charge in [0.25, 0.3) is 5.91 Å². The highest BCUT2D eigenvalue weighted by Gasteiger charge is 2.03. The first kappa shape index (κ1) is 16.4. The summed E-state index contributed by atoms with van der Waals surface area (Å²) >= 11 is 0. The molecule has 2 aromatic carbocycles. The van der Waals surface area contributed by atoms with Gasteiger partial charge in [-0.2, -0.15) is 5.10 Å². The minimum absolute atomic E-state index is 0.265. The minimum Gasteiger partial charge on any atom is -0.345 e. The molecule has 124 valence electrons. The zero-order chi connectivity index (χ0) is 17.5. The number of hydrogen-bond acceptors (Lipinski definition) is 4. The van der Waals surface area contributed by atoms with Gasteiger partial charge in [-0.15, -0.1) is 0 Å². The van der Waals surface area contributed by atoms with E-state index in [0.29, 0.717) is 5.56 Å². The van der Waals surface area contributed by atoms with E-state index in [2.05, 4.69) is 32.5 Å². The SMILES string of the molecule is CN(c1ccccc1)c1ccc(C=NNC(=O)c2ccncc2)cc1. The van der Waals surface area contributed by atoms with E-state index in [1.165, 1.54) is 0 Å². The first-order valence-electron chi connectivity index (χ1n) is 7.86. The van der Waals surface area contributed by atoms with Gasteiger partial charge in [0.2, 0.25) is 0 Å². The molecule has 1 N–H and O–H groups in total. The second-order valence-electron chi connectivity index (χ2n) is 5.42. The maximum absolute atomic E-state index is 11.9. The fourth-order valence-electron chi connectivity index (χ4n) is 2.32. The molecule has 0 radical (unpaired) electrons. The largest absolute Gasteiger partial charge is 0.345 e. The topological polar surface area (TPSA) is 57.6 Å². The zero-order valence-corrected chi connectivity index (χ0v) is 13.8. The molecule has 0 bridgehead atoms. The molecule has 1 aromatic heterocycles. The monoisotopic (exact) mass is 330 g/mol. The van der Waals surface area contributed by atoms with Crippen molar-refractivity contribution in [2.75, 3.05) is 11.9 Å². The molecule has 25 heavy (non-hydrogen) atoms. The molecular weight excluding hydrogens is 312 g/mol. The Morgan fingerprint density at radius 3 is 2.28 bits per heavy atom. The Bertz CT molecular complexity index is 846. The predicted molar refractivity (Wildman–Crippen MR) is 100 cm³/mol. The van der Waals surface area contributed by atoms with Gasteiger partial charge in [0.15, 0.2) is 0 Å². The zero-order valence-electron chi connectivity index (χ0n) is 13.8. The summed E-state index contributed by atoms with van der Waals surface area (Å²) in [6.45, 7) is 0. The highest BCUT2D eigenvalue weighted by Crippen LogP contribution is 2.22. The fourth-order valence-corrected chi connectivity index (χ4v) is 2.32. The molecular formula is C20H18N4O. The molecule has 0 atom stereocenters. The maximum atomic E-state index is 11.9. The number of aromatic nitrogens is 1. The summed E-state index contributed by atoms with van der Waals surface area (Å²) in [7, 11) is 2.02. The van der Waals surface area contributed by atoms with Crippen molar-refractivity contribution in [3.63, 3.8) is 0 Å². The van der Waals surface area contributed by atoms with E-state index in [1.807, 2.05) is 49.5 Å². The van der Waals surface area contributed by atoms with E-state index in [9.17, 15) is 4.79 Å². The number of rotatable bonds is 5. The third kappa shape index (κ3) is 4.29. The van der Waals surface area contributed by atoms with Crippen molar-refractivity contribution in [3.8, 4) is 0 Å². The molecule has 0 saturated heterocycles. The number of benzene rings is 2. The molecule has 0 aliphatic carbocycles. The van der Waals surface area contributed by atoms with Crippen molar-refractivity contribution < 1.29 is 4.79 Å². The standard InChI is InChI=1S/C20H18N4O/c1-24(18-5-3-2-4-6-18)19-9-7-16(8-10-19)15-22-23-20(25)17-11-13-21-14-12-17/h2-15H,1H3,(H,23,25). The van der Waals surface area contributed by atoms with Crippen LogP contribution in [0.3, 0.4) is 0 Å². The first-order valence-corrected chi connectivity index (χ1v) is 7.86. The van der Waals surface area contributed by atoms with Gasteiger partial charge in [0.05, 0.1) is 6.21 Å². The number of anilines is 2. The Balaban J connectivity index is 1.62. The lowest BCUT2D eigenvalue weighted by atomic mass is 10.2. The summed E-state index contributed by atoms with van der Waals surface area (Å²) in [4.78, 5) is 17.9. The first-order chi connectivity index (χ1) is 12.2. The van der Waals surface area contributed by atoms with E-state index in [0.717, 1.165) is 16.9 Å². The minimum atomic E-state index is -0.265. The quantitative estimate of drug-likeness (QED) is 0.574. The number of nitrogens with one attached hydrogen (secondary N) is 1. The lowest BCUT2D eigenvalue weighted by Crippen LogP contribution is -2.17. The number of carbonyl (C=O) groups excluding carboxylic acids is 1. The Morgan fingerprint density at radius 1 is 0.960 bits per heavy atom. The molecule has 3 aromatic rings. The summed E-state index contributed by atoms with van der Waals surface area (Å²) in [5.41, 5.74) is 6.12. The Kier molecular flexibility index (Phi) is 5.16. The van der Waals surface area contributed by atoms with E-state index in [4.69, 9.17) is 0 Å². The average molecular weight is 330 g/mol. The highest BCUT2D eigenvalue weighted by molar-refractivity contribution is 5.94. The fraction of sp³-hybridized carbons (Fsp3) is 0.0500. The number of nitrogens with zero attached hydrogens (tertiary/aromatic N) is 3. The van der Waals surface area contributed by atoms with E-state index in [1.54, 1.807) is 30.7 Å². The van der Waals surface area contributed by atoms with E-state index < -0.39 is 0 Å². The van der Waals surface area contributed by atoms with Crippen LogP contribution in [-0.4, -0.2) is 24.2 Å². The molecule has 5 nitrogen and oxygen atoms in total. The molecule has 0 aliphatic heterocycles. The van der Waals surface area contributed by atoms with Gasteiger partial charge < -0.3 is 4.90 Å². The molecule has 5 heteroatoms. The van der Waals surface area contributed by atoms with Crippen LogP contribution < -0.4 is 10.3 Å². The van der Waals surface area contributed by atoms with Crippen molar-refractivity contribution >= 4 is 23.5 Å². The molecule has 0 aliphatic rings. The number of carbonyl (C=O) groups is 1.